The molecular formula is C37H41ClN8O7. The standard InChI is InChI=1S/C11H15N3O.C10H10N2O3.C10H12N2O.C6H4ClNO2/c1-15-13-10-6-7-14(8-10)11-4-2-9(12)3-5-11;13-10-5-6-11(7-10)8-1-3-9(4-2-8)12(14)15;11-8-1-3-9(4-2-8)12-6-5-10(13)7-12;7-5-1-3-6(4-2-5)8(9)10/h2-5H,6-8,12H2,1H3;1-4H,5-7H2;1-4H,5-7,11H2;1-4H/b13-10-;;;. The molecule has 0 aromatic heterocycles. The van der Waals surface area contributed by atoms with Crippen molar-refractivity contribution in [2.45, 2.75) is 19.3 Å². The summed E-state index contributed by atoms with van der Waals surface area (Å²) in [6.45, 7) is 4.34. The molecule has 53 heavy (non-hydrogen) atoms. The van der Waals surface area contributed by atoms with Crippen LogP contribution in [-0.2, 0) is 14.4 Å². The van der Waals surface area contributed by atoms with E-state index in [9.17, 15) is 29.8 Å². The Kier molecular flexibility index (Phi) is 14.5. The molecule has 278 valence electrons. The molecule has 4 N–H and O–H groups in total. The molecule has 0 atom stereocenters. The van der Waals surface area contributed by atoms with Crippen molar-refractivity contribution in [2.75, 3.05) is 72.5 Å². The van der Waals surface area contributed by atoms with Gasteiger partial charge in [0.2, 0.25) is 0 Å². The largest absolute Gasteiger partial charge is 0.399 e. The number of nitrogen functional groups attached to an aromatic ring is 2. The first kappa shape index (κ1) is 39.6. The summed E-state index contributed by atoms with van der Waals surface area (Å²) in [6.07, 6.45) is 2.21. The number of anilines is 5. The van der Waals surface area contributed by atoms with E-state index in [-0.39, 0.29) is 17.2 Å². The molecule has 0 radical (unpaired) electrons. The van der Waals surface area contributed by atoms with Crippen molar-refractivity contribution < 1.29 is 24.3 Å². The third-order valence-corrected chi connectivity index (χ3v) is 8.55. The third-order valence-electron chi connectivity index (χ3n) is 8.30. The molecular weight excluding hydrogens is 704 g/mol. The summed E-state index contributed by atoms with van der Waals surface area (Å²) < 4.78 is 0. The number of hydrogen-bond acceptors (Lipinski definition) is 13. The van der Waals surface area contributed by atoms with Crippen molar-refractivity contribution >= 4 is 68.7 Å². The third kappa shape index (κ3) is 12.5. The fourth-order valence-electron chi connectivity index (χ4n) is 5.49. The number of hydrogen-bond donors (Lipinski definition) is 2. The minimum atomic E-state index is -0.462. The Hall–Kier alpha value is -6.22. The van der Waals surface area contributed by atoms with Crippen LogP contribution in [0.5, 0.6) is 0 Å². The fraction of sp³-hybridized carbons (Fsp3) is 0.270. The van der Waals surface area contributed by atoms with Gasteiger partial charge >= 0.3 is 0 Å². The molecule has 0 saturated carbocycles. The van der Waals surface area contributed by atoms with Crippen LogP contribution < -0.4 is 26.2 Å². The maximum Gasteiger partial charge on any atom is 0.269 e. The van der Waals surface area contributed by atoms with E-state index in [2.05, 4.69) is 15.0 Å². The van der Waals surface area contributed by atoms with Gasteiger partial charge < -0.3 is 31.0 Å². The maximum atomic E-state index is 11.1. The molecule has 0 amide bonds. The first-order valence-corrected chi connectivity index (χ1v) is 17.0. The highest BCUT2D eigenvalue weighted by Crippen LogP contribution is 2.23. The van der Waals surface area contributed by atoms with E-state index in [4.69, 9.17) is 27.9 Å². The zero-order chi connectivity index (χ0) is 38.3. The number of non-ortho nitro benzene ring substituents is 2. The van der Waals surface area contributed by atoms with E-state index < -0.39 is 9.85 Å². The summed E-state index contributed by atoms with van der Waals surface area (Å²) in [5, 5.41) is 25.0. The number of nitrogens with zero attached hydrogens (tertiary/aromatic N) is 6. The van der Waals surface area contributed by atoms with Crippen molar-refractivity contribution in [3.05, 3.63) is 122 Å². The number of rotatable bonds is 6. The summed E-state index contributed by atoms with van der Waals surface area (Å²) in [6, 6.07) is 27.5. The second-order valence-electron chi connectivity index (χ2n) is 12.1. The second kappa shape index (κ2) is 19.4. The number of carbonyl (C=O) groups excluding carboxylic acids is 2. The number of nitrogens with two attached hydrogens (primary N) is 2. The van der Waals surface area contributed by atoms with Crippen LogP contribution in [0.1, 0.15) is 19.3 Å². The van der Waals surface area contributed by atoms with Crippen LogP contribution in [0, 0.1) is 20.2 Å². The predicted octanol–water partition coefficient (Wildman–Crippen LogP) is 6.15. The number of benzene rings is 4. The maximum absolute atomic E-state index is 11.1. The molecule has 3 aliphatic heterocycles. The smallest absolute Gasteiger partial charge is 0.269 e. The molecule has 3 heterocycles. The normalized spacial score (nSPS) is 15.5. The van der Waals surface area contributed by atoms with Crippen LogP contribution in [0.2, 0.25) is 5.02 Å². The number of ketones is 2. The van der Waals surface area contributed by atoms with Gasteiger partial charge in [0.05, 0.1) is 35.2 Å². The first-order chi connectivity index (χ1) is 25.4. The molecule has 3 fully saturated rings. The number of halogens is 1. The first-order valence-electron chi connectivity index (χ1n) is 16.6. The molecule has 4 aromatic carbocycles. The Bertz CT molecular complexity index is 1870. The van der Waals surface area contributed by atoms with Crippen LogP contribution in [-0.4, -0.2) is 73.5 Å². The van der Waals surface area contributed by atoms with E-state index in [1.165, 1.54) is 42.1 Å². The van der Waals surface area contributed by atoms with Gasteiger partial charge in [-0.1, -0.05) is 16.8 Å². The number of oxime groups is 1. The fourth-order valence-corrected chi connectivity index (χ4v) is 5.61. The molecule has 0 aliphatic carbocycles. The van der Waals surface area contributed by atoms with Gasteiger partial charge in [0.15, 0.2) is 11.6 Å². The second-order valence-corrected chi connectivity index (χ2v) is 12.6. The molecule has 4 aromatic rings. The molecule has 7 rings (SSSR count). The molecule has 0 bridgehead atoms. The van der Waals surface area contributed by atoms with Gasteiger partial charge in [-0.25, -0.2) is 0 Å². The van der Waals surface area contributed by atoms with Crippen LogP contribution in [0.4, 0.5) is 39.8 Å². The number of Topliss-reactive ketones (excluding diaryl/α,β-unsaturated/α-hetero) is 2. The monoisotopic (exact) mass is 744 g/mol. The van der Waals surface area contributed by atoms with Crippen LogP contribution >= 0.6 is 11.6 Å². The lowest BCUT2D eigenvalue weighted by Crippen LogP contribution is -2.19. The highest BCUT2D eigenvalue weighted by atomic mass is 35.5. The lowest BCUT2D eigenvalue weighted by molar-refractivity contribution is -0.385. The summed E-state index contributed by atoms with van der Waals surface area (Å²) in [7, 11) is 1.58. The molecule has 3 saturated heterocycles. The Labute approximate surface area is 311 Å². The Balaban J connectivity index is 0.000000160. The van der Waals surface area contributed by atoms with Crippen LogP contribution in [0.25, 0.3) is 0 Å². The topological polar surface area (TPSA) is 204 Å². The van der Waals surface area contributed by atoms with Crippen LogP contribution in [0.3, 0.4) is 0 Å². The lowest BCUT2D eigenvalue weighted by Gasteiger charge is -2.16. The van der Waals surface area contributed by atoms with E-state index in [1.807, 2.05) is 53.4 Å². The molecule has 15 nitrogen and oxygen atoms in total. The minimum Gasteiger partial charge on any atom is -0.399 e. The predicted molar refractivity (Wildman–Crippen MR) is 208 cm³/mol. The quantitative estimate of drug-likeness (QED) is 0.130. The Morgan fingerprint density at radius 1 is 0.604 bits per heavy atom. The molecule has 0 spiro atoms. The Morgan fingerprint density at radius 3 is 1.32 bits per heavy atom. The lowest BCUT2D eigenvalue weighted by atomic mass is 10.2. The van der Waals surface area contributed by atoms with Gasteiger partial charge in [0, 0.05) is 96.6 Å². The van der Waals surface area contributed by atoms with E-state index in [0.717, 1.165) is 54.5 Å². The van der Waals surface area contributed by atoms with Gasteiger partial charge in [0.1, 0.15) is 7.11 Å². The van der Waals surface area contributed by atoms with Gasteiger partial charge in [-0.15, -0.1) is 0 Å². The molecule has 16 heteroatoms. The van der Waals surface area contributed by atoms with E-state index >= 15 is 0 Å². The van der Waals surface area contributed by atoms with Crippen molar-refractivity contribution in [3.8, 4) is 0 Å². The minimum absolute atomic E-state index is 0.0596. The molecule has 3 aliphatic rings. The van der Waals surface area contributed by atoms with E-state index in [0.29, 0.717) is 43.3 Å². The molecule has 0 unspecified atom stereocenters. The zero-order valence-electron chi connectivity index (χ0n) is 29.2. The van der Waals surface area contributed by atoms with Gasteiger partial charge in [-0.2, -0.15) is 0 Å². The van der Waals surface area contributed by atoms with Crippen LogP contribution in [0.15, 0.2) is 102 Å². The SMILES string of the molecule is CO/N=C1/CCN(c2ccc(N)cc2)C1.Nc1ccc(N2CCC(=O)C2)cc1.O=C1CCN(c2ccc([N+](=O)[O-])cc2)C1.O=[N+]([O-])c1ccc(Cl)cc1. The summed E-state index contributed by atoms with van der Waals surface area (Å²) in [5.74, 6) is 0.533. The average molecular weight is 745 g/mol. The number of nitro benzene ring substituents is 2. The van der Waals surface area contributed by atoms with Crippen molar-refractivity contribution in [2.24, 2.45) is 5.16 Å². The van der Waals surface area contributed by atoms with Crippen molar-refractivity contribution in [1.82, 2.24) is 0 Å². The van der Waals surface area contributed by atoms with Gasteiger partial charge in [-0.05, 0) is 72.8 Å². The number of nitro groups is 2. The van der Waals surface area contributed by atoms with Gasteiger partial charge in [-0.3, -0.25) is 29.8 Å². The van der Waals surface area contributed by atoms with Crippen molar-refractivity contribution in [3.63, 3.8) is 0 Å². The van der Waals surface area contributed by atoms with Gasteiger partial charge in [0.25, 0.3) is 11.4 Å². The van der Waals surface area contributed by atoms with Crippen molar-refractivity contribution in [1.29, 1.82) is 0 Å². The highest BCUT2D eigenvalue weighted by Gasteiger charge is 2.21. The Morgan fingerprint density at radius 2 is 0.962 bits per heavy atom. The van der Waals surface area contributed by atoms with E-state index in [1.54, 1.807) is 19.2 Å². The summed E-state index contributed by atoms with van der Waals surface area (Å²) in [4.78, 5) is 52.7. The number of carbonyl (C=O) groups is 2. The zero-order valence-corrected chi connectivity index (χ0v) is 29.9. The average Bonchev–Trinajstić information content (AvgIpc) is 3.92. The summed E-state index contributed by atoms with van der Waals surface area (Å²) >= 11 is 5.49. The summed E-state index contributed by atoms with van der Waals surface area (Å²) in [5.41, 5.74) is 17.1. The highest BCUT2D eigenvalue weighted by molar-refractivity contribution is 6.30.